The van der Waals surface area contributed by atoms with E-state index in [0.29, 0.717) is 18.7 Å². The van der Waals surface area contributed by atoms with Gasteiger partial charge in [0.05, 0.1) is 18.0 Å². The lowest BCUT2D eigenvalue weighted by Gasteiger charge is -2.14. The molecule has 1 aromatic heterocycles. The largest absolute Gasteiger partial charge is 0.481 e. The number of benzene rings is 1. The normalized spacial score (nSPS) is 12.5. The highest BCUT2D eigenvalue weighted by atomic mass is 19.1. The lowest BCUT2D eigenvalue weighted by Crippen LogP contribution is -2.29. The van der Waals surface area contributed by atoms with E-state index in [1.807, 2.05) is 13.8 Å². The van der Waals surface area contributed by atoms with Crippen LogP contribution >= 0.6 is 0 Å². The first-order chi connectivity index (χ1) is 11.4. The molecule has 6 heteroatoms. The summed E-state index contributed by atoms with van der Waals surface area (Å²) in [4.78, 5) is 11.2. The Morgan fingerprint density at radius 1 is 1.21 bits per heavy atom. The van der Waals surface area contributed by atoms with Gasteiger partial charge < -0.3 is 14.8 Å². The molecule has 130 valence electrons. The van der Waals surface area contributed by atoms with Crippen LogP contribution in [-0.4, -0.2) is 17.6 Å². The van der Waals surface area contributed by atoms with Crippen LogP contribution in [0.3, 0.4) is 0 Å². The fourth-order valence-electron chi connectivity index (χ4n) is 2.55. The van der Waals surface area contributed by atoms with Gasteiger partial charge in [0, 0.05) is 6.54 Å². The fraction of sp³-hybridized carbons (Fsp3) is 0.389. The Balaban J connectivity index is 1.98. The SMILES string of the molecule is CC(C)CC(CNCc1ccc(-c2c(F)cccc2F)o1)C(=O)O. The predicted molar refractivity (Wildman–Crippen MR) is 86.3 cm³/mol. The number of carbonyl (C=O) groups is 1. The van der Waals surface area contributed by atoms with Gasteiger partial charge in [-0.3, -0.25) is 4.79 Å². The van der Waals surface area contributed by atoms with Crippen molar-refractivity contribution < 1.29 is 23.1 Å². The Morgan fingerprint density at radius 2 is 1.88 bits per heavy atom. The van der Waals surface area contributed by atoms with Gasteiger partial charge in [-0.15, -0.1) is 0 Å². The van der Waals surface area contributed by atoms with E-state index in [0.717, 1.165) is 0 Å². The molecular weight excluding hydrogens is 316 g/mol. The summed E-state index contributed by atoms with van der Waals surface area (Å²) in [6, 6.07) is 6.75. The molecule has 1 heterocycles. The van der Waals surface area contributed by atoms with Crippen LogP contribution in [0.1, 0.15) is 26.0 Å². The quantitative estimate of drug-likeness (QED) is 0.762. The zero-order valence-electron chi connectivity index (χ0n) is 13.7. The van der Waals surface area contributed by atoms with Crippen LogP contribution in [0, 0.1) is 23.5 Å². The van der Waals surface area contributed by atoms with Crippen molar-refractivity contribution in [1.82, 2.24) is 5.32 Å². The van der Waals surface area contributed by atoms with Gasteiger partial charge >= 0.3 is 5.97 Å². The van der Waals surface area contributed by atoms with Crippen LogP contribution in [0.4, 0.5) is 8.78 Å². The number of furan rings is 1. The monoisotopic (exact) mass is 337 g/mol. The standard InChI is InChI=1S/C18H21F2NO3/c1-11(2)8-12(18(22)23)9-21-10-13-6-7-16(24-13)17-14(19)4-3-5-15(17)20/h3-7,11-12,21H,8-10H2,1-2H3,(H,22,23). The predicted octanol–water partition coefficient (Wildman–Crippen LogP) is 4.06. The van der Waals surface area contributed by atoms with Crippen molar-refractivity contribution in [3.8, 4) is 11.3 Å². The maximum absolute atomic E-state index is 13.7. The smallest absolute Gasteiger partial charge is 0.307 e. The van der Waals surface area contributed by atoms with Gasteiger partial charge in [0.25, 0.3) is 0 Å². The molecule has 1 atom stereocenters. The number of hydrogen-bond donors (Lipinski definition) is 2. The minimum Gasteiger partial charge on any atom is -0.481 e. The number of rotatable bonds is 8. The maximum Gasteiger partial charge on any atom is 0.307 e. The lowest BCUT2D eigenvalue weighted by molar-refractivity contribution is -0.142. The molecule has 0 radical (unpaired) electrons. The molecule has 24 heavy (non-hydrogen) atoms. The molecule has 1 aromatic carbocycles. The second-order valence-electron chi connectivity index (χ2n) is 6.16. The number of carboxylic acids is 1. The lowest BCUT2D eigenvalue weighted by atomic mass is 9.97. The van der Waals surface area contributed by atoms with Crippen molar-refractivity contribution in [1.29, 1.82) is 0 Å². The van der Waals surface area contributed by atoms with Crippen molar-refractivity contribution >= 4 is 5.97 Å². The third-order valence-corrected chi connectivity index (χ3v) is 3.67. The summed E-state index contributed by atoms with van der Waals surface area (Å²) < 4.78 is 32.9. The van der Waals surface area contributed by atoms with Crippen molar-refractivity contribution in [3.63, 3.8) is 0 Å². The minimum atomic E-state index is -0.843. The minimum absolute atomic E-state index is 0.111. The first kappa shape index (κ1) is 18.1. The molecule has 0 fully saturated rings. The van der Waals surface area contributed by atoms with Gasteiger partial charge in [-0.25, -0.2) is 8.78 Å². The summed E-state index contributed by atoms with van der Waals surface area (Å²) in [5, 5.41) is 12.2. The second-order valence-corrected chi connectivity index (χ2v) is 6.16. The molecule has 0 saturated heterocycles. The highest BCUT2D eigenvalue weighted by Gasteiger charge is 2.19. The second kappa shape index (κ2) is 8.06. The Bertz CT molecular complexity index is 677. The van der Waals surface area contributed by atoms with Crippen LogP contribution in [0.15, 0.2) is 34.7 Å². The van der Waals surface area contributed by atoms with E-state index >= 15 is 0 Å². The van der Waals surface area contributed by atoms with Crippen molar-refractivity contribution in [2.24, 2.45) is 11.8 Å². The highest BCUT2D eigenvalue weighted by molar-refractivity contribution is 5.70. The van der Waals surface area contributed by atoms with Gasteiger partial charge in [-0.2, -0.15) is 0 Å². The Hall–Kier alpha value is -2.21. The van der Waals surface area contributed by atoms with Crippen molar-refractivity contribution in [2.75, 3.05) is 6.54 Å². The summed E-state index contributed by atoms with van der Waals surface area (Å²) >= 11 is 0. The molecule has 1 unspecified atom stereocenters. The topological polar surface area (TPSA) is 62.5 Å². The fourth-order valence-corrected chi connectivity index (χ4v) is 2.55. The third kappa shape index (κ3) is 4.64. The number of halogens is 2. The molecule has 0 spiro atoms. The number of carboxylic acid groups (broad SMARTS) is 1. The van der Waals surface area contributed by atoms with Gasteiger partial charge in [0.1, 0.15) is 23.2 Å². The Kier molecular flexibility index (Phi) is 6.09. The van der Waals surface area contributed by atoms with Crippen molar-refractivity contribution in [3.05, 3.63) is 47.7 Å². The van der Waals surface area contributed by atoms with E-state index in [1.54, 1.807) is 6.07 Å². The summed E-state index contributed by atoms with van der Waals surface area (Å²) in [5.41, 5.74) is -0.202. The van der Waals surface area contributed by atoms with E-state index in [2.05, 4.69) is 5.32 Å². The molecule has 0 saturated carbocycles. The average molecular weight is 337 g/mol. The maximum atomic E-state index is 13.7. The first-order valence-corrected chi connectivity index (χ1v) is 7.85. The van der Waals surface area contributed by atoms with Crippen LogP contribution in [0.2, 0.25) is 0 Å². The van der Waals surface area contributed by atoms with E-state index < -0.39 is 23.5 Å². The molecule has 0 aliphatic carbocycles. The van der Waals surface area contributed by atoms with Gasteiger partial charge in [0.2, 0.25) is 0 Å². The molecular formula is C18H21F2NO3. The van der Waals surface area contributed by atoms with Crippen LogP contribution in [0.5, 0.6) is 0 Å². The van der Waals surface area contributed by atoms with Crippen molar-refractivity contribution in [2.45, 2.75) is 26.8 Å². The molecule has 2 N–H and O–H groups in total. The Morgan fingerprint density at radius 3 is 2.46 bits per heavy atom. The molecule has 0 aliphatic rings. The van der Waals surface area contributed by atoms with Crippen LogP contribution in [0.25, 0.3) is 11.3 Å². The molecule has 2 aromatic rings. The molecule has 0 aliphatic heterocycles. The van der Waals surface area contributed by atoms with E-state index in [1.165, 1.54) is 24.3 Å². The third-order valence-electron chi connectivity index (χ3n) is 3.67. The number of aliphatic carboxylic acids is 1. The first-order valence-electron chi connectivity index (χ1n) is 7.85. The van der Waals surface area contributed by atoms with E-state index in [-0.39, 0.29) is 23.8 Å². The van der Waals surface area contributed by atoms with E-state index in [4.69, 9.17) is 4.42 Å². The van der Waals surface area contributed by atoms with Gasteiger partial charge in [-0.1, -0.05) is 19.9 Å². The molecule has 0 bridgehead atoms. The summed E-state index contributed by atoms with van der Waals surface area (Å²) in [5.74, 6) is -1.82. The summed E-state index contributed by atoms with van der Waals surface area (Å²) in [6.45, 7) is 4.53. The summed E-state index contributed by atoms with van der Waals surface area (Å²) in [6.07, 6.45) is 0.576. The summed E-state index contributed by atoms with van der Waals surface area (Å²) in [7, 11) is 0. The van der Waals surface area contributed by atoms with Gasteiger partial charge in [0.15, 0.2) is 0 Å². The molecule has 4 nitrogen and oxygen atoms in total. The Labute approximate surface area is 139 Å². The average Bonchev–Trinajstić information content (AvgIpc) is 2.94. The molecule has 2 rings (SSSR count). The van der Waals surface area contributed by atoms with Gasteiger partial charge in [-0.05, 0) is 36.6 Å². The van der Waals surface area contributed by atoms with E-state index in [9.17, 15) is 18.7 Å². The van der Waals surface area contributed by atoms with Crippen LogP contribution in [-0.2, 0) is 11.3 Å². The zero-order valence-corrected chi connectivity index (χ0v) is 13.7. The highest BCUT2D eigenvalue weighted by Crippen LogP contribution is 2.27. The number of hydrogen-bond acceptors (Lipinski definition) is 3. The molecule has 0 amide bonds. The van der Waals surface area contributed by atoms with Crippen LogP contribution < -0.4 is 5.32 Å². The zero-order chi connectivity index (χ0) is 17.7. The number of nitrogens with one attached hydrogen (secondary N) is 1.